The van der Waals surface area contributed by atoms with Gasteiger partial charge in [0.15, 0.2) is 5.65 Å². The molecule has 0 aliphatic carbocycles. The van der Waals surface area contributed by atoms with Crippen LogP contribution in [-0.2, 0) is 0 Å². The van der Waals surface area contributed by atoms with Crippen LogP contribution in [0.25, 0.3) is 16.7 Å². The van der Waals surface area contributed by atoms with Gasteiger partial charge in [-0.15, -0.1) is 0 Å². The molecule has 0 spiro atoms. The Labute approximate surface area is 170 Å². The van der Waals surface area contributed by atoms with E-state index in [2.05, 4.69) is 63.0 Å². The maximum absolute atomic E-state index is 4.62. The molecule has 0 amide bonds. The van der Waals surface area contributed by atoms with Gasteiger partial charge in [0.25, 0.3) is 0 Å². The minimum atomic E-state index is 0.389. The Hall–Kier alpha value is -3.41. The molecule has 1 aliphatic rings. The molecule has 6 nitrogen and oxygen atoms in total. The molecule has 1 atom stereocenters. The second-order valence-corrected chi connectivity index (χ2v) is 7.65. The number of anilines is 2. The summed E-state index contributed by atoms with van der Waals surface area (Å²) in [5, 5.41) is 5.58. The molecular formula is C23H24N6. The highest BCUT2D eigenvalue weighted by molar-refractivity contribution is 5.87. The maximum Gasteiger partial charge on any atom is 0.168 e. The lowest BCUT2D eigenvalue weighted by Gasteiger charge is -2.42. The summed E-state index contributed by atoms with van der Waals surface area (Å²) in [7, 11) is 0. The normalized spacial score (nSPS) is 17.1. The fourth-order valence-corrected chi connectivity index (χ4v) is 4.11. The van der Waals surface area contributed by atoms with Gasteiger partial charge >= 0.3 is 0 Å². The number of nitrogens with zero attached hydrogens (tertiary/aromatic N) is 6. The van der Waals surface area contributed by atoms with Crippen molar-refractivity contribution >= 4 is 22.5 Å². The SMILES string of the molecule is Cc1ccc(N2CCN(c3ncnc4c3cnn4-c3ccccc3)CC2C)cc1. The van der Waals surface area contributed by atoms with Gasteiger partial charge in [0.1, 0.15) is 12.1 Å². The topological polar surface area (TPSA) is 50.1 Å². The Bertz CT molecular complexity index is 1120. The van der Waals surface area contributed by atoms with Crippen LogP contribution in [-0.4, -0.2) is 45.4 Å². The van der Waals surface area contributed by atoms with E-state index in [1.54, 1.807) is 6.33 Å². The Morgan fingerprint density at radius 3 is 2.45 bits per heavy atom. The molecule has 0 radical (unpaired) electrons. The van der Waals surface area contributed by atoms with Gasteiger partial charge in [-0.3, -0.25) is 0 Å². The van der Waals surface area contributed by atoms with Gasteiger partial charge in [-0.1, -0.05) is 35.9 Å². The third-order valence-corrected chi connectivity index (χ3v) is 5.64. The van der Waals surface area contributed by atoms with Crippen LogP contribution >= 0.6 is 0 Å². The first-order valence-corrected chi connectivity index (χ1v) is 10.0. The standard InChI is InChI=1S/C23H24N6/c1-17-8-10-19(11-9-17)28-13-12-27(15-18(28)2)22-21-14-26-29(23(21)25-16-24-22)20-6-4-3-5-7-20/h3-11,14,16,18H,12-13,15H2,1-2H3. The quantitative estimate of drug-likeness (QED) is 0.537. The number of aromatic nitrogens is 4. The van der Waals surface area contributed by atoms with Crippen LogP contribution in [0.15, 0.2) is 67.1 Å². The van der Waals surface area contributed by atoms with Crippen LogP contribution < -0.4 is 9.80 Å². The Morgan fingerprint density at radius 1 is 0.897 bits per heavy atom. The first-order chi connectivity index (χ1) is 14.2. The summed E-state index contributed by atoms with van der Waals surface area (Å²) in [5.41, 5.74) is 4.42. The molecule has 3 heterocycles. The number of hydrogen-bond donors (Lipinski definition) is 0. The zero-order valence-corrected chi connectivity index (χ0v) is 16.7. The van der Waals surface area contributed by atoms with Crippen LogP contribution in [0.1, 0.15) is 12.5 Å². The van der Waals surface area contributed by atoms with E-state index in [0.29, 0.717) is 6.04 Å². The first kappa shape index (κ1) is 17.7. The summed E-state index contributed by atoms with van der Waals surface area (Å²) in [4.78, 5) is 14.0. The van der Waals surface area contributed by atoms with Crippen LogP contribution in [0.3, 0.4) is 0 Å². The second-order valence-electron chi connectivity index (χ2n) is 7.65. The van der Waals surface area contributed by atoms with E-state index in [1.165, 1.54) is 11.3 Å². The molecule has 0 bridgehead atoms. The third-order valence-electron chi connectivity index (χ3n) is 5.64. The van der Waals surface area contributed by atoms with Gasteiger partial charge < -0.3 is 9.80 Å². The van der Waals surface area contributed by atoms with E-state index in [1.807, 2.05) is 41.2 Å². The van der Waals surface area contributed by atoms with Crippen molar-refractivity contribution < 1.29 is 0 Å². The molecule has 1 aliphatic heterocycles. The zero-order chi connectivity index (χ0) is 19.8. The summed E-state index contributed by atoms with van der Waals surface area (Å²) in [6.45, 7) is 7.19. The number of piperazine rings is 1. The average Bonchev–Trinajstić information content (AvgIpc) is 3.19. The largest absolute Gasteiger partial charge is 0.365 e. The van der Waals surface area contributed by atoms with Gasteiger partial charge in [-0.2, -0.15) is 5.10 Å². The maximum atomic E-state index is 4.62. The van der Waals surface area contributed by atoms with Crippen LogP contribution in [0.5, 0.6) is 0 Å². The summed E-state index contributed by atoms with van der Waals surface area (Å²) >= 11 is 0. The molecule has 146 valence electrons. The number of benzene rings is 2. The van der Waals surface area contributed by atoms with Crippen molar-refractivity contribution in [2.24, 2.45) is 0 Å². The molecular weight excluding hydrogens is 360 g/mol. The van der Waals surface area contributed by atoms with Crippen LogP contribution in [0.4, 0.5) is 11.5 Å². The Balaban J connectivity index is 1.43. The molecule has 2 aromatic carbocycles. The fourth-order valence-electron chi connectivity index (χ4n) is 4.11. The minimum Gasteiger partial charge on any atom is -0.365 e. The predicted octanol–water partition coefficient (Wildman–Crippen LogP) is 3.84. The predicted molar refractivity (Wildman–Crippen MR) is 117 cm³/mol. The Morgan fingerprint density at radius 2 is 1.69 bits per heavy atom. The summed E-state index contributed by atoms with van der Waals surface area (Å²) in [6, 6.07) is 19.3. The van der Waals surface area contributed by atoms with Crippen molar-refractivity contribution in [2.75, 3.05) is 29.4 Å². The van der Waals surface area contributed by atoms with Gasteiger partial charge in [-0.05, 0) is 38.1 Å². The molecule has 0 N–H and O–H groups in total. The molecule has 0 saturated carbocycles. The van der Waals surface area contributed by atoms with Crippen molar-refractivity contribution in [3.05, 3.63) is 72.7 Å². The average molecular weight is 384 g/mol. The zero-order valence-electron chi connectivity index (χ0n) is 16.7. The monoisotopic (exact) mass is 384 g/mol. The van der Waals surface area contributed by atoms with Crippen molar-refractivity contribution in [1.82, 2.24) is 19.7 Å². The molecule has 1 saturated heterocycles. The van der Waals surface area contributed by atoms with E-state index in [4.69, 9.17) is 0 Å². The van der Waals surface area contributed by atoms with Crippen LogP contribution in [0, 0.1) is 6.92 Å². The molecule has 29 heavy (non-hydrogen) atoms. The lowest BCUT2D eigenvalue weighted by molar-refractivity contribution is 0.548. The molecule has 2 aromatic heterocycles. The van der Waals surface area contributed by atoms with Gasteiger partial charge in [-0.25, -0.2) is 14.6 Å². The van der Waals surface area contributed by atoms with Crippen molar-refractivity contribution in [2.45, 2.75) is 19.9 Å². The highest BCUT2D eigenvalue weighted by Crippen LogP contribution is 2.28. The van der Waals surface area contributed by atoms with E-state index in [9.17, 15) is 0 Å². The molecule has 6 heteroatoms. The third kappa shape index (κ3) is 3.20. The van der Waals surface area contributed by atoms with Crippen molar-refractivity contribution in [3.63, 3.8) is 0 Å². The molecule has 4 aromatic rings. The summed E-state index contributed by atoms with van der Waals surface area (Å²) < 4.78 is 1.88. The number of aryl methyl sites for hydroxylation is 1. The smallest absolute Gasteiger partial charge is 0.168 e. The fraction of sp³-hybridized carbons (Fsp3) is 0.261. The minimum absolute atomic E-state index is 0.389. The summed E-state index contributed by atoms with van der Waals surface area (Å²) in [6.07, 6.45) is 3.53. The van der Waals surface area contributed by atoms with Gasteiger partial charge in [0.2, 0.25) is 0 Å². The number of hydrogen-bond acceptors (Lipinski definition) is 5. The number of rotatable bonds is 3. The molecule has 1 unspecified atom stereocenters. The highest BCUT2D eigenvalue weighted by Gasteiger charge is 2.26. The van der Waals surface area contributed by atoms with E-state index in [-0.39, 0.29) is 0 Å². The van der Waals surface area contributed by atoms with Crippen molar-refractivity contribution in [3.8, 4) is 5.69 Å². The van der Waals surface area contributed by atoms with E-state index < -0.39 is 0 Å². The number of para-hydroxylation sites is 1. The molecule has 5 rings (SSSR count). The molecule has 1 fully saturated rings. The van der Waals surface area contributed by atoms with Gasteiger partial charge in [0.05, 0.1) is 17.3 Å². The number of fused-ring (bicyclic) bond motifs is 1. The first-order valence-electron chi connectivity index (χ1n) is 10.0. The van der Waals surface area contributed by atoms with Crippen molar-refractivity contribution in [1.29, 1.82) is 0 Å². The van der Waals surface area contributed by atoms with E-state index >= 15 is 0 Å². The van der Waals surface area contributed by atoms with Gasteiger partial charge in [0, 0.05) is 31.4 Å². The lowest BCUT2D eigenvalue weighted by atomic mass is 10.1. The Kier molecular flexibility index (Phi) is 4.39. The lowest BCUT2D eigenvalue weighted by Crippen LogP contribution is -2.52. The summed E-state index contributed by atoms with van der Waals surface area (Å²) in [5.74, 6) is 0.965. The van der Waals surface area contributed by atoms with Crippen LogP contribution in [0.2, 0.25) is 0 Å². The second kappa shape index (κ2) is 7.20. The van der Waals surface area contributed by atoms with E-state index in [0.717, 1.165) is 42.2 Å². The highest BCUT2D eigenvalue weighted by atomic mass is 15.3.